The Kier molecular flexibility index (Phi) is 0.963. The molecule has 0 unspecified atom stereocenters. The fraction of sp³-hybridized carbons (Fsp3) is 0.500. The first-order chi connectivity index (χ1) is 2.93. The van der Waals surface area contributed by atoms with Gasteiger partial charge in [0.25, 0.3) is 0 Å². The quantitative estimate of drug-likeness (QED) is 0.420. The largest absolute Gasteiger partial charge is 0.556 e. The van der Waals surface area contributed by atoms with E-state index in [4.69, 9.17) is 4.43 Å². The first-order valence-electron chi connectivity index (χ1n) is 2.16. The third-order valence-electron chi connectivity index (χ3n) is 1.02. The Hall–Kier alpha value is -0.243. The van der Waals surface area contributed by atoms with Crippen molar-refractivity contribution in [1.29, 1.82) is 0 Å². The van der Waals surface area contributed by atoms with Gasteiger partial charge in [0.1, 0.15) is 0 Å². The maximum atomic E-state index is 4.99. The number of hydrogen-bond donors (Lipinski definition) is 0. The van der Waals surface area contributed by atoms with Gasteiger partial charge in [-0.05, 0) is 12.5 Å². The maximum absolute atomic E-state index is 4.99. The zero-order valence-electron chi connectivity index (χ0n) is 3.90. The monoisotopic (exact) mass is 100 g/mol. The second-order valence-corrected chi connectivity index (χ2v) is 1.82. The highest BCUT2D eigenvalue weighted by atomic mass is 28.2. The summed E-state index contributed by atoms with van der Waals surface area (Å²) in [5, 5.41) is 0. The van der Waals surface area contributed by atoms with Crippen LogP contribution in [0, 0.1) is 0 Å². The van der Waals surface area contributed by atoms with E-state index in [9.17, 15) is 0 Å². The average molecular weight is 100 g/mol. The normalized spacial score (nSPS) is 19.0. The summed E-state index contributed by atoms with van der Waals surface area (Å²) < 4.78 is 4.99. The zero-order chi connectivity index (χ0) is 4.41. The molecule has 0 aliphatic heterocycles. The summed E-state index contributed by atoms with van der Waals surface area (Å²) in [4.78, 5) is 0. The van der Waals surface area contributed by atoms with Crippen LogP contribution < -0.4 is 0 Å². The molecule has 1 nitrogen and oxygen atoms in total. The van der Waals surface area contributed by atoms with E-state index in [0.29, 0.717) is 0 Å². The third kappa shape index (κ3) is 0.475. The molecule has 0 saturated heterocycles. The van der Waals surface area contributed by atoms with Crippen molar-refractivity contribution in [3.05, 3.63) is 11.8 Å². The Morgan fingerprint density at radius 3 is 2.50 bits per heavy atom. The van der Waals surface area contributed by atoms with Gasteiger partial charge in [0.2, 0.25) is 10.5 Å². The van der Waals surface area contributed by atoms with Crippen LogP contribution >= 0.6 is 0 Å². The number of rotatable bonds is 1. The van der Waals surface area contributed by atoms with Gasteiger partial charge in [0.05, 0.1) is 5.76 Å². The van der Waals surface area contributed by atoms with Crippen LogP contribution in [0.3, 0.4) is 0 Å². The van der Waals surface area contributed by atoms with Crippen LogP contribution in [0.1, 0.15) is 12.8 Å². The topological polar surface area (TPSA) is 9.23 Å². The molecule has 1 rings (SSSR count). The molecule has 0 bridgehead atoms. The SMILES string of the molecule is [SiH3]OC1=CCC1. The highest BCUT2D eigenvalue weighted by Crippen LogP contribution is 2.16. The lowest BCUT2D eigenvalue weighted by Crippen LogP contribution is -1.95. The van der Waals surface area contributed by atoms with E-state index >= 15 is 0 Å². The lowest BCUT2D eigenvalue weighted by atomic mass is 10.1. The predicted octanol–water partition coefficient (Wildman–Crippen LogP) is -0.0389. The molecule has 0 N–H and O–H groups in total. The maximum Gasteiger partial charge on any atom is 0.203 e. The highest BCUT2D eigenvalue weighted by molar-refractivity contribution is 5.98. The minimum Gasteiger partial charge on any atom is -0.556 e. The molecule has 1 aliphatic carbocycles. The second kappa shape index (κ2) is 1.47. The van der Waals surface area contributed by atoms with Gasteiger partial charge >= 0.3 is 0 Å². The summed E-state index contributed by atoms with van der Waals surface area (Å²) in [6.45, 7) is 0. The van der Waals surface area contributed by atoms with Gasteiger partial charge < -0.3 is 4.43 Å². The summed E-state index contributed by atoms with van der Waals surface area (Å²) in [6.07, 6.45) is 4.55. The molecular formula is C4H8OSi. The van der Waals surface area contributed by atoms with Crippen LogP contribution in [0.2, 0.25) is 0 Å². The lowest BCUT2D eigenvalue weighted by molar-refractivity contribution is 0.415. The van der Waals surface area contributed by atoms with Crippen molar-refractivity contribution in [1.82, 2.24) is 0 Å². The summed E-state index contributed by atoms with van der Waals surface area (Å²) in [6, 6.07) is 0. The average Bonchev–Trinajstić information content (AvgIpc) is 1.31. The Balaban J connectivity index is 2.32. The molecule has 2 heteroatoms. The van der Waals surface area contributed by atoms with Gasteiger partial charge in [-0.2, -0.15) is 0 Å². The fourth-order valence-corrected chi connectivity index (χ4v) is 0.818. The fourth-order valence-electron chi connectivity index (χ4n) is 0.448. The summed E-state index contributed by atoms with van der Waals surface area (Å²) in [5.74, 6) is 1.21. The Bertz CT molecular complexity index is 77.6. The van der Waals surface area contributed by atoms with Gasteiger partial charge in [0, 0.05) is 6.42 Å². The van der Waals surface area contributed by atoms with Crippen LogP contribution in [0.25, 0.3) is 0 Å². The van der Waals surface area contributed by atoms with Crippen LogP contribution in [-0.2, 0) is 4.43 Å². The van der Waals surface area contributed by atoms with Crippen molar-refractivity contribution in [3.8, 4) is 0 Å². The van der Waals surface area contributed by atoms with Gasteiger partial charge in [-0.15, -0.1) is 0 Å². The van der Waals surface area contributed by atoms with Crippen molar-refractivity contribution in [2.45, 2.75) is 12.8 Å². The van der Waals surface area contributed by atoms with Crippen LogP contribution in [-0.4, -0.2) is 10.5 Å². The lowest BCUT2D eigenvalue weighted by Gasteiger charge is -2.11. The molecule has 1 aliphatic rings. The number of hydrogen-bond acceptors (Lipinski definition) is 1. The number of allylic oxidation sites excluding steroid dienone is 2. The minimum atomic E-state index is 0.865. The zero-order valence-corrected chi connectivity index (χ0v) is 5.90. The molecule has 0 saturated carbocycles. The smallest absolute Gasteiger partial charge is 0.203 e. The molecule has 0 radical (unpaired) electrons. The molecule has 0 spiro atoms. The molecule has 0 aromatic rings. The Labute approximate surface area is 40.5 Å². The molecule has 0 fully saturated rings. The van der Waals surface area contributed by atoms with Crippen molar-refractivity contribution in [2.24, 2.45) is 0 Å². The van der Waals surface area contributed by atoms with Crippen LogP contribution in [0.5, 0.6) is 0 Å². The van der Waals surface area contributed by atoms with Gasteiger partial charge in [-0.25, -0.2) is 0 Å². The standard InChI is InChI=1S/C4H8OSi/c6-5-4-2-1-3-4/h2H,1,3H2,6H3. The van der Waals surface area contributed by atoms with E-state index in [2.05, 4.69) is 6.08 Å². The van der Waals surface area contributed by atoms with E-state index in [1.54, 1.807) is 0 Å². The van der Waals surface area contributed by atoms with E-state index in [1.807, 2.05) is 0 Å². The van der Waals surface area contributed by atoms with E-state index < -0.39 is 0 Å². The third-order valence-corrected chi connectivity index (χ3v) is 1.55. The molecular weight excluding hydrogens is 92.1 g/mol. The molecule has 0 atom stereocenters. The van der Waals surface area contributed by atoms with E-state index in [1.165, 1.54) is 18.6 Å². The molecule has 0 aromatic heterocycles. The van der Waals surface area contributed by atoms with Crippen molar-refractivity contribution >= 4 is 10.5 Å². The summed E-state index contributed by atoms with van der Waals surface area (Å²) >= 11 is 0. The van der Waals surface area contributed by atoms with Crippen molar-refractivity contribution < 1.29 is 4.43 Å². The highest BCUT2D eigenvalue weighted by Gasteiger charge is 2.01. The van der Waals surface area contributed by atoms with E-state index in [-0.39, 0.29) is 0 Å². The van der Waals surface area contributed by atoms with Crippen LogP contribution in [0.4, 0.5) is 0 Å². The molecule has 0 aromatic carbocycles. The predicted molar refractivity (Wildman–Crippen MR) is 28.3 cm³/mol. The van der Waals surface area contributed by atoms with Gasteiger partial charge in [0.15, 0.2) is 0 Å². The Morgan fingerprint density at radius 1 is 1.83 bits per heavy atom. The van der Waals surface area contributed by atoms with Gasteiger partial charge in [-0.3, -0.25) is 0 Å². The second-order valence-electron chi connectivity index (χ2n) is 1.41. The van der Waals surface area contributed by atoms with E-state index in [0.717, 1.165) is 10.5 Å². The van der Waals surface area contributed by atoms with Gasteiger partial charge in [-0.1, -0.05) is 0 Å². The molecule has 6 heavy (non-hydrogen) atoms. The molecule has 0 amide bonds. The van der Waals surface area contributed by atoms with Crippen molar-refractivity contribution in [2.75, 3.05) is 0 Å². The summed E-state index contributed by atoms with van der Waals surface area (Å²) in [5.41, 5.74) is 0. The first-order valence-corrected chi connectivity index (χ1v) is 2.98. The summed E-state index contributed by atoms with van der Waals surface area (Å²) in [7, 11) is 0.865. The Morgan fingerprint density at radius 2 is 2.50 bits per heavy atom. The molecule has 34 valence electrons. The van der Waals surface area contributed by atoms with Crippen molar-refractivity contribution in [3.63, 3.8) is 0 Å². The molecule has 0 heterocycles. The van der Waals surface area contributed by atoms with Crippen LogP contribution in [0.15, 0.2) is 11.8 Å². The minimum absolute atomic E-state index is 0.865. The first kappa shape index (κ1) is 3.93.